The molecule has 1 aromatic carbocycles. The van der Waals surface area contributed by atoms with E-state index in [4.69, 9.17) is 5.11 Å². The van der Waals surface area contributed by atoms with Crippen molar-refractivity contribution in [3.63, 3.8) is 0 Å². The number of carbonyl (C=O) groups is 1. The summed E-state index contributed by atoms with van der Waals surface area (Å²) in [5.74, 6) is -3.90. The average Bonchev–Trinajstić information content (AvgIpc) is 2.55. The van der Waals surface area contributed by atoms with Gasteiger partial charge < -0.3 is 10.4 Å². The number of aliphatic hydroxyl groups is 1. The molecule has 2 rings (SSSR count). The lowest BCUT2D eigenvalue weighted by molar-refractivity contribution is -0.0556. The molecule has 0 aliphatic carbocycles. The number of aromatic nitrogens is 2. The zero-order valence-corrected chi connectivity index (χ0v) is 12.2. The van der Waals surface area contributed by atoms with Crippen LogP contribution < -0.4 is 10.9 Å². The fourth-order valence-electron chi connectivity index (χ4n) is 1.95. The van der Waals surface area contributed by atoms with Crippen molar-refractivity contribution in [2.45, 2.75) is 18.9 Å². The first kappa shape index (κ1) is 16.8. The van der Waals surface area contributed by atoms with Gasteiger partial charge in [0.05, 0.1) is 6.04 Å². The molecule has 2 aromatic rings. The smallest absolute Gasteiger partial charge is 0.295 e. The van der Waals surface area contributed by atoms with Gasteiger partial charge in [-0.05, 0) is 24.6 Å². The molecule has 1 atom stereocenters. The van der Waals surface area contributed by atoms with Crippen molar-refractivity contribution in [2.75, 3.05) is 6.61 Å². The topological polar surface area (TPSA) is 95.1 Å². The Bertz CT molecular complexity index is 741. The van der Waals surface area contributed by atoms with Gasteiger partial charge >= 0.3 is 0 Å². The van der Waals surface area contributed by atoms with Crippen molar-refractivity contribution in [1.82, 2.24) is 15.5 Å². The first-order valence-corrected chi connectivity index (χ1v) is 6.79. The Kier molecular flexibility index (Phi) is 4.85. The van der Waals surface area contributed by atoms with Gasteiger partial charge in [0, 0.05) is 11.6 Å². The molecule has 0 fully saturated rings. The number of halogens is 2. The minimum Gasteiger partial charge on any atom is -0.390 e. The monoisotopic (exact) mass is 323 g/mol. The number of rotatable bonds is 5. The number of benzene rings is 1. The third-order valence-corrected chi connectivity index (χ3v) is 3.27. The van der Waals surface area contributed by atoms with E-state index in [1.807, 2.05) is 0 Å². The number of aromatic amines is 1. The van der Waals surface area contributed by atoms with Crippen molar-refractivity contribution in [1.29, 1.82) is 0 Å². The van der Waals surface area contributed by atoms with E-state index in [1.165, 1.54) is 24.3 Å². The molecule has 8 heteroatoms. The lowest BCUT2D eigenvalue weighted by atomic mass is 10.0. The number of hydrogen-bond acceptors (Lipinski definition) is 4. The maximum atomic E-state index is 13.5. The first-order chi connectivity index (χ1) is 10.8. The molecule has 1 amide bonds. The molecule has 0 aliphatic rings. The van der Waals surface area contributed by atoms with Gasteiger partial charge in [-0.1, -0.05) is 18.2 Å². The largest absolute Gasteiger partial charge is 0.390 e. The van der Waals surface area contributed by atoms with Crippen molar-refractivity contribution in [2.24, 2.45) is 0 Å². The number of H-pyrrole nitrogens is 1. The molecule has 1 heterocycles. The zero-order chi connectivity index (χ0) is 17.0. The lowest BCUT2D eigenvalue weighted by Gasteiger charge is -2.18. The van der Waals surface area contributed by atoms with Crippen LogP contribution in [0.4, 0.5) is 8.78 Å². The van der Waals surface area contributed by atoms with Crippen LogP contribution in [0.3, 0.4) is 0 Å². The van der Waals surface area contributed by atoms with Crippen molar-refractivity contribution < 1.29 is 18.7 Å². The summed E-state index contributed by atoms with van der Waals surface area (Å²) in [5.41, 5.74) is -0.309. The summed E-state index contributed by atoms with van der Waals surface area (Å²) >= 11 is 0. The summed E-state index contributed by atoms with van der Waals surface area (Å²) in [6, 6.07) is 7.30. The molecule has 6 nitrogen and oxygen atoms in total. The highest BCUT2D eigenvalue weighted by atomic mass is 19.3. The van der Waals surface area contributed by atoms with Gasteiger partial charge in [0.2, 0.25) is 0 Å². The Labute approximate surface area is 130 Å². The van der Waals surface area contributed by atoms with Gasteiger partial charge in [0.1, 0.15) is 12.3 Å². The highest BCUT2D eigenvalue weighted by Gasteiger charge is 2.30. The van der Waals surface area contributed by atoms with Crippen LogP contribution in [0.2, 0.25) is 0 Å². The second-order valence-corrected chi connectivity index (χ2v) is 4.99. The van der Waals surface area contributed by atoms with E-state index >= 15 is 0 Å². The predicted molar refractivity (Wildman–Crippen MR) is 78.2 cm³/mol. The quantitative estimate of drug-likeness (QED) is 0.774. The number of hydrogen-bond donors (Lipinski definition) is 3. The Hall–Kier alpha value is -2.61. The van der Waals surface area contributed by atoms with Crippen LogP contribution in [0.1, 0.15) is 34.6 Å². The number of amides is 1. The maximum Gasteiger partial charge on any atom is 0.295 e. The van der Waals surface area contributed by atoms with Crippen LogP contribution in [0.15, 0.2) is 41.2 Å². The average molecular weight is 323 g/mol. The van der Waals surface area contributed by atoms with Gasteiger partial charge in [-0.3, -0.25) is 9.59 Å². The lowest BCUT2D eigenvalue weighted by Crippen LogP contribution is -2.28. The summed E-state index contributed by atoms with van der Waals surface area (Å²) in [4.78, 5) is 22.9. The van der Waals surface area contributed by atoms with Crippen LogP contribution in [-0.2, 0) is 5.92 Å². The van der Waals surface area contributed by atoms with Crippen LogP contribution in [0.5, 0.6) is 0 Å². The SMILES string of the molecule is C[C@@H](NC(=O)c1ccc(=O)[nH]n1)c1cccc(C(F)(F)CO)c1. The van der Waals surface area contributed by atoms with E-state index in [0.717, 1.165) is 6.07 Å². The Morgan fingerprint density at radius 2 is 2.13 bits per heavy atom. The van der Waals surface area contributed by atoms with E-state index in [0.29, 0.717) is 5.56 Å². The Morgan fingerprint density at radius 1 is 1.39 bits per heavy atom. The van der Waals surface area contributed by atoms with Crippen LogP contribution in [0, 0.1) is 0 Å². The van der Waals surface area contributed by atoms with Crippen molar-refractivity contribution >= 4 is 5.91 Å². The van der Waals surface area contributed by atoms with E-state index in [9.17, 15) is 18.4 Å². The van der Waals surface area contributed by atoms with Crippen LogP contribution in [0.25, 0.3) is 0 Å². The van der Waals surface area contributed by atoms with Crippen molar-refractivity contribution in [3.8, 4) is 0 Å². The molecular weight excluding hydrogens is 308 g/mol. The van der Waals surface area contributed by atoms with Crippen LogP contribution in [-0.4, -0.2) is 27.8 Å². The number of aliphatic hydroxyl groups excluding tert-OH is 1. The standard InChI is InChI=1S/C15H15F2N3O3/c1-9(18-14(23)12-5-6-13(22)20-19-12)10-3-2-4-11(7-10)15(16,17)8-21/h2-7,9,21H,8H2,1H3,(H,18,23)(H,20,22)/t9-/m1/s1. The van der Waals surface area contributed by atoms with E-state index < -0.39 is 30.0 Å². The molecule has 1 aromatic heterocycles. The minimum absolute atomic E-state index is 0.00768. The zero-order valence-electron chi connectivity index (χ0n) is 12.2. The normalized spacial score (nSPS) is 12.7. The van der Waals surface area contributed by atoms with Gasteiger partial charge in [-0.25, -0.2) is 5.10 Å². The van der Waals surface area contributed by atoms with Gasteiger partial charge in [0.25, 0.3) is 17.4 Å². The third-order valence-electron chi connectivity index (χ3n) is 3.27. The predicted octanol–water partition coefficient (Wildman–Crippen LogP) is 1.34. The number of nitrogens with one attached hydrogen (secondary N) is 2. The fraction of sp³-hybridized carbons (Fsp3) is 0.267. The molecule has 0 spiro atoms. The highest BCUT2D eigenvalue weighted by Crippen LogP contribution is 2.29. The van der Waals surface area contributed by atoms with E-state index in [1.54, 1.807) is 13.0 Å². The first-order valence-electron chi connectivity index (χ1n) is 6.79. The summed E-state index contributed by atoms with van der Waals surface area (Å²) in [5, 5.41) is 17.1. The van der Waals surface area contributed by atoms with E-state index in [2.05, 4.69) is 15.5 Å². The second kappa shape index (κ2) is 6.66. The molecule has 122 valence electrons. The number of carbonyl (C=O) groups excluding carboxylic acids is 1. The molecule has 0 saturated carbocycles. The van der Waals surface area contributed by atoms with Crippen molar-refractivity contribution in [3.05, 3.63) is 63.6 Å². The number of alkyl halides is 2. The molecule has 0 saturated heterocycles. The molecule has 0 aliphatic heterocycles. The third kappa shape index (κ3) is 3.98. The highest BCUT2D eigenvalue weighted by molar-refractivity contribution is 5.92. The molecule has 3 N–H and O–H groups in total. The summed E-state index contributed by atoms with van der Waals surface area (Å²) < 4.78 is 27.0. The maximum absolute atomic E-state index is 13.5. The minimum atomic E-state index is -3.35. The summed E-state index contributed by atoms with van der Waals surface area (Å²) in [7, 11) is 0. The summed E-state index contributed by atoms with van der Waals surface area (Å²) in [6.07, 6.45) is 0. The van der Waals surface area contributed by atoms with Gasteiger partial charge in [-0.15, -0.1) is 0 Å². The molecule has 0 unspecified atom stereocenters. The Morgan fingerprint density at radius 3 is 2.74 bits per heavy atom. The second-order valence-electron chi connectivity index (χ2n) is 4.99. The molecule has 23 heavy (non-hydrogen) atoms. The van der Waals surface area contributed by atoms with Gasteiger partial charge in [0.15, 0.2) is 0 Å². The van der Waals surface area contributed by atoms with Gasteiger partial charge in [-0.2, -0.15) is 13.9 Å². The fourth-order valence-corrected chi connectivity index (χ4v) is 1.95. The van der Waals surface area contributed by atoms with Crippen LogP contribution >= 0.6 is 0 Å². The summed E-state index contributed by atoms with van der Waals surface area (Å²) in [6.45, 7) is 0.332. The number of nitrogens with zero attached hydrogens (tertiary/aromatic N) is 1. The molecule has 0 radical (unpaired) electrons. The molecular formula is C15H15F2N3O3. The Balaban J connectivity index is 2.16. The molecule has 0 bridgehead atoms. The van der Waals surface area contributed by atoms with E-state index in [-0.39, 0.29) is 11.3 Å².